The fourth-order valence-electron chi connectivity index (χ4n) is 1.50. The van der Waals surface area contributed by atoms with Crippen molar-refractivity contribution >= 4 is 12.0 Å². The molecule has 0 fully saturated rings. The summed E-state index contributed by atoms with van der Waals surface area (Å²) in [7, 11) is 0. The standard InChI is InChI=1S/C13H26N2O4/c1-4-7-11(12(16)17)15-13(18)14-8-5-6-9-19-10(2)3/h10-11H,4-9H2,1-3H3,(H,16,17)(H2,14,15,18)/t11-/m0/s1. The van der Waals surface area contributed by atoms with Gasteiger partial charge in [-0.25, -0.2) is 9.59 Å². The molecule has 6 heteroatoms. The first-order valence-corrected chi connectivity index (χ1v) is 6.86. The van der Waals surface area contributed by atoms with E-state index in [9.17, 15) is 9.59 Å². The summed E-state index contributed by atoms with van der Waals surface area (Å²) < 4.78 is 5.37. The first kappa shape index (κ1) is 17.7. The predicted molar refractivity (Wildman–Crippen MR) is 73.2 cm³/mol. The lowest BCUT2D eigenvalue weighted by Crippen LogP contribution is -2.46. The number of carboxylic acid groups (broad SMARTS) is 1. The van der Waals surface area contributed by atoms with Crippen LogP contribution >= 0.6 is 0 Å². The summed E-state index contributed by atoms with van der Waals surface area (Å²) in [6.45, 7) is 7.03. The molecule has 3 N–H and O–H groups in total. The van der Waals surface area contributed by atoms with Crippen LogP contribution in [-0.2, 0) is 9.53 Å². The quantitative estimate of drug-likeness (QED) is 0.530. The summed E-state index contributed by atoms with van der Waals surface area (Å²) in [5, 5.41) is 14.0. The number of nitrogens with one attached hydrogen (secondary N) is 2. The fourth-order valence-corrected chi connectivity index (χ4v) is 1.50. The Morgan fingerprint density at radius 3 is 2.47 bits per heavy atom. The molecule has 0 unspecified atom stereocenters. The molecule has 0 aromatic rings. The number of urea groups is 1. The molecule has 0 aliphatic carbocycles. The summed E-state index contributed by atoms with van der Waals surface area (Å²) in [4.78, 5) is 22.3. The molecule has 1 atom stereocenters. The Labute approximate surface area is 114 Å². The van der Waals surface area contributed by atoms with Crippen LogP contribution in [0.5, 0.6) is 0 Å². The third-order valence-corrected chi connectivity index (χ3v) is 2.49. The van der Waals surface area contributed by atoms with Gasteiger partial charge in [-0.1, -0.05) is 13.3 Å². The molecule has 0 bridgehead atoms. The second kappa shape index (κ2) is 10.6. The van der Waals surface area contributed by atoms with E-state index < -0.39 is 18.0 Å². The van der Waals surface area contributed by atoms with Crippen molar-refractivity contribution in [1.29, 1.82) is 0 Å². The maximum atomic E-state index is 11.5. The van der Waals surface area contributed by atoms with Gasteiger partial charge < -0.3 is 20.5 Å². The Bertz CT molecular complexity index is 269. The molecule has 0 saturated carbocycles. The summed E-state index contributed by atoms with van der Waals surface area (Å²) in [5.41, 5.74) is 0. The van der Waals surface area contributed by atoms with Gasteiger partial charge in [0.1, 0.15) is 6.04 Å². The normalized spacial score (nSPS) is 12.2. The van der Waals surface area contributed by atoms with E-state index in [0.717, 1.165) is 12.8 Å². The minimum atomic E-state index is -0.998. The number of amides is 2. The summed E-state index contributed by atoms with van der Waals surface area (Å²) >= 11 is 0. The highest BCUT2D eigenvalue weighted by atomic mass is 16.5. The van der Waals surface area contributed by atoms with Gasteiger partial charge in [0.15, 0.2) is 0 Å². The van der Waals surface area contributed by atoms with Crippen molar-refractivity contribution in [3.05, 3.63) is 0 Å². The Morgan fingerprint density at radius 2 is 1.95 bits per heavy atom. The summed E-state index contributed by atoms with van der Waals surface area (Å²) in [6.07, 6.45) is 3.05. The molecule has 0 aromatic carbocycles. The molecule has 0 rings (SSSR count). The zero-order valence-corrected chi connectivity index (χ0v) is 12.1. The molecule has 0 aliphatic heterocycles. The van der Waals surface area contributed by atoms with Crippen molar-refractivity contribution in [3.63, 3.8) is 0 Å². The second-order valence-electron chi connectivity index (χ2n) is 4.71. The number of carboxylic acids is 1. The number of carbonyl (C=O) groups excluding carboxylic acids is 1. The third kappa shape index (κ3) is 10.3. The fraction of sp³-hybridized carbons (Fsp3) is 0.846. The smallest absolute Gasteiger partial charge is 0.326 e. The molecule has 0 heterocycles. The monoisotopic (exact) mass is 274 g/mol. The number of hydrogen-bond acceptors (Lipinski definition) is 3. The van der Waals surface area contributed by atoms with Crippen molar-refractivity contribution in [3.8, 4) is 0 Å². The first-order valence-electron chi connectivity index (χ1n) is 6.86. The molecular formula is C13H26N2O4. The predicted octanol–water partition coefficient (Wildman–Crippen LogP) is 1.74. The summed E-state index contributed by atoms with van der Waals surface area (Å²) in [5.74, 6) is -0.998. The van der Waals surface area contributed by atoms with Crippen molar-refractivity contribution in [2.75, 3.05) is 13.2 Å². The third-order valence-electron chi connectivity index (χ3n) is 2.49. The molecule has 112 valence electrons. The van der Waals surface area contributed by atoms with E-state index in [-0.39, 0.29) is 6.10 Å². The molecule has 0 aliphatic rings. The van der Waals surface area contributed by atoms with Crippen molar-refractivity contribution in [2.45, 2.75) is 58.6 Å². The lowest BCUT2D eigenvalue weighted by Gasteiger charge is -2.14. The van der Waals surface area contributed by atoms with Crippen LogP contribution in [0.2, 0.25) is 0 Å². The zero-order chi connectivity index (χ0) is 14.7. The van der Waals surface area contributed by atoms with E-state index in [1.807, 2.05) is 20.8 Å². The highest BCUT2D eigenvalue weighted by Crippen LogP contribution is 1.97. The van der Waals surface area contributed by atoms with Crippen LogP contribution in [-0.4, -0.2) is 42.4 Å². The van der Waals surface area contributed by atoms with Gasteiger partial charge in [0.25, 0.3) is 0 Å². The highest BCUT2D eigenvalue weighted by Gasteiger charge is 2.18. The molecule has 0 radical (unpaired) electrons. The Kier molecular flexibility index (Phi) is 9.88. The average molecular weight is 274 g/mol. The molecule has 6 nitrogen and oxygen atoms in total. The van der Waals surface area contributed by atoms with Gasteiger partial charge in [-0.3, -0.25) is 0 Å². The summed E-state index contributed by atoms with van der Waals surface area (Å²) in [6, 6.07) is -1.24. The maximum absolute atomic E-state index is 11.5. The van der Waals surface area contributed by atoms with Gasteiger partial charge in [-0.05, 0) is 33.1 Å². The maximum Gasteiger partial charge on any atom is 0.326 e. The van der Waals surface area contributed by atoms with Gasteiger partial charge in [0.05, 0.1) is 6.10 Å². The number of hydrogen-bond donors (Lipinski definition) is 3. The molecule has 0 spiro atoms. The SMILES string of the molecule is CCC[C@H](NC(=O)NCCCCOC(C)C)C(=O)O. The van der Waals surface area contributed by atoms with Crippen LogP contribution in [0.4, 0.5) is 4.79 Å². The lowest BCUT2D eigenvalue weighted by atomic mass is 10.2. The Balaban J connectivity index is 3.65. The van der Waals surface area contributed by atoms with Crippen LogP contribution in [0, 0.1) is 0 Å². The van der Waals surface area contributed by atoms with E-state index in [4.69, 9.17) is 9.84 Å². The van der Waals surface area contributed by atoms with E-state index in [1.165, 1.54) is 0 Å². The zero-order valence-electron chi connectivity index (χ0n) is 12.1. The number of aliphatic carboxylic acids is 1. The lowest BCUT2D eigenvalue weighted by molar-refractivity contribution is -0.139. The minimum absolute atomic E-state index is 0.224. The Morgan fingerprint density at radius 1 is 1.26 bits per heavy atom. The Hall–Kier alpha value is -1.30. The van der Waals surface area contributed by atoms with Crippen LogP contribution in [0.3, 0.4) is 0 Å². The highest BCUT2D eigenvalue weighted by molar-refractivity contribution is 5.82. The van der Waals surface area contributed by atoms with Gasteiger partial charge in [0, 0.05) is 13.2 Å². The van der Waals surface area contributed by atoms with Crippen LogP contribution in [0.1, 0.15) is 46.5 Å². The van der Waals surface area contributed by atoms with E-state index in [2.05, 4.69) is 10.6 Å². The molecule has 19 heavy (non-hydrogen) atoms. The number of unbranched alkanes of at least 4 members (excludes halogenated alkanes) is 1. The van der Waals surface area contributed by atoms with Crippen LogP contribution < -0.4 is 10.6 Å². The van der Waals surface area contributed by atoms with Crippen LogP contribution in [0.15, 0.2) is 0 Å². The van der Waals surface area contributed by atoms with Gasteiger partial charge in [0.2, 0.25) is 0 Å². The van der Waals surface area contributed by atoms with Crippen molar-refractivity contribution < 1.29 is 19.4 Å². The first-order chi connectivity index (χ1) is 8.97. The molecule has 2 amide bonds. The van der Waals surface area contributed by atoms with Gasteiger partial charge in [-0.15, -0.1) is 0 Å². The number of carbonyl (C=O) groups is 2. The van der Waals surface area contributed by atoms with Gasteiger partial charge >= 0.3 is 12.0 Å². The van der Waals surface area contributed by atoms with Gasteiger partial charge in [-0.2, -0.15) is 0 Å². The van der Waals surface area contributed by atoms with Crippen molar-refractivity contribution in [2.24, 2.45) is 0 Å². The average Bonchev–Trinajstić information content (AvgIpc) is 2.32. The minimum Gasteiger partial charge on any atom is -0.480 e. The molecule has 0 saturated heterocycles. The largest absolute Gasteiger partial charge is 0.480 e. The van der Waals surface area contributed by atoms with E-state index >= 15 is 0 Å². The number of ether oxygens (including phenoxy) is 1. The van der Waals surface area contributed by atoms with Crippen LogP contribution in [0.25, 0.3) is 0 Å². The second-order valence-corrected chi connectivity index (χ2v) is 4.71. The van der Waals surface area contributed by atoms with E-state index in [0.29, 0.717) is 26.0 Å². The topological polar surface area (TPSA) is 87.7 Å². The van der Waals surface area contributed by atoms with E-state index in [1.54, 1.807) is 0 Å². The van der Waals surface area contributed by atoms with Crippen molar-refractivity contribution in [1.82, 2.24) is 10.6 Å². The molecular weight excluding hydrogens is 248 g/mol. The molecule has 0 aromatic heterocycles. The number of rotatable bonds is 10.